The monoisotopic (exact) mass is 339 g/mol. The molecule has 0 atom stereocenters. The molecular formula is C19H20CoO2. The van der Waals surface area contributed by atoms with Crippen molar-refractivity contribution in [2.45, 2.75) is 33.1 Å². The number of hydrogen-bond donors (Lipinski definition) is 0. The van der Waals surface area contributed by atoms with Crippen LogP contribution in [0.5, 0.6) is 5.75 Å². The zero-order valence-corrected chi connectivity index (χ0v) is 14.3. The van der Waals surface area contributed by atoms with Crippen molar-refractivity contribution in [3.8, 4) is 5.75 Å². The molecule has 2 nitrogen and oxygen atoms in total. The maximum absolute atomic E-state index is 11.5. The molecule has 0 spiro atoms. The SMILES string of the molecule is CC(=O)Oc1c([CH]=[Co])cc(C)cc1C(C)(C)c1ccccc1. The molecule has 0 N–H and O–H groups in total. The zero-order valence-electron chi connectivity index (χ0n) is 13.3. The van der Waals surface area contributed by atoms with E-state index in [4.69, 9.17) is 4.74 Å². The van der Waals surface area contributed by atoms with Crippen LogP contribution in [0.25, 0.3) is 0 Å². The number of carbonyl (C=O) groups is 1. The van der Waals surface area contributed by atoms with Gasteiger partial charge in [0.15, 0.2) is 0 Å². The number of aryl methyl sites for hydroxylation is 1. The third kappa shape index (κ3) is 3.37. The molecule has 0 aliphatic heterocycles. The summed E-state index contributed by atoms with van der Waals surface area (Å²) in [6.07, 6.45) is 0. The van der Waals surface area contributed by atoms with E-state index < -0.39 is 0 Å². The van der Waals surface area contributed by atoms with Gasteiger partial charge in [-0.05, 0) is 0 Å². The van der Waals surface area contributed by atoms with Crippen LogP contribution in [0, 0.1) is 6.92 Å². The Morgan fingerprint density at radius 1 is 1.18 bits per heavy atom. The van der Waals surface area contributed by atoms with E-state index in [1.165, 1.54) is 12.5 Å². The van der Waals surface area contributed by atoms with Gasteiger partial charge in [0.25, 0.3) is 0 Å². The van der Waals surface area contributed by atoms with Gasteiger partial charge in [0.05, 0.1) is 0 Å². The van der Waals surface area contributed by atoms with E-state index in [-0.39, 0.29) is 11.4 Å². The fourth-order valence-corrected chi connectivity index (χ4v) is 2.83. The Bertz CT molecular complexity index is 703. The predicted molar refractivity (Wildman–Crippen MR) is 86.2 cm³/mol. The van der Waals surface area contributed by atoms with Crippen LogP contribution in [0.15, 0.2) is 42.5 Å². The van der Waals surface area contributed by atoms with Gasteiger partial charge < -0.3 is 0 Å². The Balaban J connectivity index is 2.70. The fourth-order valence-electron chi connectivity index (χ4n) is 2.60. The second kappa shape index (κ2) is 6.59. The number of carbonyl (C=O) groups excluding carboxylic acids is 1. The van der Waals surface area contributed by atoms with Crippen LogP contribution in [0.2, 0.25) is 0 Å². The third-order valence-electron chi connectivity index (χ3n) is 3.78. The first-order valence-electron chi connectivity index (χ1n) is 7.16. The van der Waals surface area contributed by atoms with E-state index in [9.17, 15) is 4.79 Å². The van der Waals surface area contributed by atoms with Crippen LogP contribution in [0.4, 0.5) is 0 Å². The molecule has 0 unspecified atom stereocenters. The Labute approximate surface area is 139 Å². The van der Waals surface area contributed by atoms with E-state index in [2.05, 4.69) is 47.3 Å². The van der Waals surface area contributed by atoms with Crippen LogP contribution < -0.4 is 4.74 Å². The van der Waals surface area contributed by atoms with Crippen LogP contribution in [0.3, 0.4) is 0 Å². The van der Waals surface area contributed by atoms with Gasteiger partial charge in [0.2, 0.25) is 0 Å². The van der Waals surface area contributed by atoms with Crippen molar-refractivity contribution in [3.63, 3.8) is 0 Å². The standard InChI is InChI=1S/C19H20O2.Co/c1-13-11-14(2)18(21-15(3)20)17(12-13)19(4,5)16-9-7-6-8-10-16;/h2,6-12H,1,3-5H3;. The molecule has 22 heavy (non-hydrogen) atoms. The van der Waals surface area contributed by atoms with E-state index >= 15 is 0 Å². The third-order valence-corrected chi connectivity index (χ3v) is 4.10. The number of esters is 1. The Hall–Kier alpha value is -1.71. The minimum absolute atomic E-state index is 0.289. The van der Waals surface area contributed by atoms with Crippen molar-refractivity contribution in [3.05, 3.63) is 64.7 Å². The summed E-state index contributed by atoms with van der Waals surface area (Å²) >= 11 is 4.32. The Morgan fingerprint density at radius 3 is 2.36 bits per heavy atom. The average Bonchev–Trinajstić information content (AvgIpc) is 2.49. The number of hydrogen-bond acceptors (Lipinski definition) is 2. The molecular weight excluding hydrogens is 319 g/mol. The molecule has 0 aliphatic carbocycles. The van der Waals surface area contributed by atoms with Gasteiger partial charge in [-0.2, -0.15) is 0 Å². The first kappa shape index (κ1) is 16.7. The van der Waals surface area contributed by atoms with Crippen LogP contribution in [-0.4, -0.2) is 10.9 Å². The first-order valence-corrected chi connectivity index (χ1v) is 7.76. The molecule has 2 aromatic rings. The van der Waals surface area contributed by atoms with Crippen molar-refractivity contribution in [1.29, 1.82) is 0 Å². The number of rotatable bonds is 4. The molecule has 0 amide bonds. The molecule has 0 aromatic heterocycles. The summed E-state index contributed by atoms with van der Waals surface area (Å²) in [5, 5.41) is 0. The van der Waals surface area contributed by atoms with E-state index in [0.717, 1.165) is 16.7 Å². The molecule has 3 heteroatoms. The van der Waals surface area contributed by atoms with Gasteiger partial charge >= 0.3 is 139 Å². The normalized spacial score (nSPS) is 11.1. The molecule has 0 fully saturated rings. The molecule has 0 aliphatic rings. The van der Waals surface area contributed by atoms with Gasteiger partial charge in [-0.15, -0.1) is 0 Å². The fraction of sp³-hybridized carbons (Fsp3) is 0.263. The number of ether oxygens (including phenoxy) is 1. The van der Waals surface area contributed by atoms with E-state index in [1.807, 2.05) is 31.2 Å². The molecule has 2 aromatic carbocycles. The van der Waals surface area contributed by atoms with Crippen LogP contribution in [-0.2, 0) is 25.5 Å². The number of benzene rings is 2. The average molecular weight is 339 g/mol. The van der Waals surface area contributed by atoms with E-state index in [0.29, 0.717) is 5.75 Å². The molecule has 0 saturated carbocycles. The van der Waals surface area contributed by atoms with Crippen molar-refractivity contribution in [2.75, 3.05) is 0 Å². The topological polar surface area (TPSA) is 26.3 Å². The molecule has 117 valence electrons. The zero-order chi connectivity index (χ0) is 16.3. The summed E-state index contributed by atoms with van der Waals surface area (Å²) in [6.45, 7) is 7.71. The Kier molecular flexibility index (Phi) is 4.99. The molecule has 0 heterocycles. The summed E-state index contributed by atoms with van der Waals surface area (Å²) in [4.78, 5) is 13.2. The van der Waals surface area contributed by atoms with Crippen LogP contribution >= 0.6 is 0 Å². The molecule has 0 saturated heterocycles. The molecule has 0 bridgehead atoms. The van der Waals surface area contributed by atoms with Crippen molar-refractivity contribution in [2.24, 2.45) is 0 Å². The summed E-state index contributed by atoms with van der Waals surface area (Å²) in [5.74, 6) is 0.254. The summed E-state index contributed by atoms with van der Waals surface area (Å²) in [7, 11) is 0. The summed E-state index contributed by atoms with van der Waals surface area (Å²) in [5.41, 5.74) is 3.78. The van der Waals surface area contributed by atoms with Gasteiger partial charge in [-0.1, -0.05) is 0 Å². The summed E-state index contributed by atoms with van der Waals surface area (Å²) < 4.78 is 5.51. The minimum atomic E-state index is -0.329. The van der Waals surface area contributed by atoms with Crippen molar-refractivity contribution < 1.29 is 24.8 Å². The second-order valence-corrected chi connectivity index (χ2v) is 6.21. The first-order chi connectivity index (χ1) is 10.4. The quantitative estimate of drug-likeness (QED) is 0.623. The predicted octanol–water partition coefficient (Wildman–Crippen LogP) is 3.94. The van der Waals surface area contributed by atoms with Gasteiger partial charge in [0, 0.05) is 0 Å². The van der Waals surface area contributed by atoms with Crippen molar-refractivity contribution >= 4 is 10.9 Å². The molecule has 0 radical (unpaired) electrons. The molecule has 2 rings (SSSR count). The van der Waals surface area contributed by atoms with Gasteiger partial charge in [-0.3, -0.25) is 0 Å². The van der Waals surface area contributed by atoms with Crippen LogP contribution in [0.1, 0.15) is 43.0 Å². The maximum atomic E-state index is 11.5. The van der Waals surface area contributed by atoms with Gasteiger partial charge in [-0.25, -0.2) is 0 Å². The van der Waals surface area contributed by atoms with E-state index in [1.54, 1.807) is 4.96 Å². The Morgan fingerprint density at radius 2 is 1.82 bits per heavy atom. The van der Waals surface area contributed by atoms with Gasteiger partial charge in [0.1, 0.15) is 0 Å². The summed E-state index contributed by atoms with van der Waals surface area (Å²) in [6, 6.07) is 14.2. The van der Waals surface area contributed by atoms with Crippen molar-refractivity contribution in [1.82, 2.24) is 0 Å². The second-order valence-electron chi connectivity index (χ2n) is 5.91.